The summed E-state index contributed by atoms with van der Waals surface area (Å²) in [7, 11) is -3.97. The summed E-state index contributed by atoms with van der Waals surface area (Å²) in [5.74, 6) is -1.83. The highest BCUT2D eigenvalue weighted by Crippen LogP contribution is 2.25. The largest absolute Gasteiger partial charge is 0.350 e. The van der Waals surface area contributed by atoms with Crippen molar-refractivity contribution in [1.82, 2.24) is 5.32 Å². The van der Waals surface area contributed by atoms with E-state index >= 15 is 0 Å². The van der Waals surface area contributed by atoms with Crippen LogP contribution in [0.15, 0.2) is 48.5 Å². The van der Waals surface area contributed by atoms with Gasteiger partial charge < -0.3 is 10.6 Å². The van der Waals surface area contributed by atoms with Crippen LogP contribution in [0.3, 0.4) is 0 Å². The van der Waals surface area contributed by atoms with Gasteiger partial charge in [0, 0.05) is 6.04 Å². The van der Waals surface area contributed by atoms with Gasteiger partial charge in [0.2, 0.25) is 15.9 Å². The third-order valence-corrected chi connectivity index (χ3v) is 5.83. The van der Waals surface area contributed by atoms with Gasteiger partial charge in [-0.3, -0.25) is 13.9 Å². The van der Waals surface area contributed by atoms with Crippen LogP contribution >= 0.6 is 0 Å². The van der Waals surface area contributed by atoms with E-state index in [2.05, 4.69) is 10.6 Å². The van der Waals surface area contributed by atoms with E-state index in [0.717, 1.165) is 23.0 Å². The number of benzene rings is 2. The van der Waals surface area contributed by atoms with Crippen LogP contribution in [0.1, 0.15) is 37.6 Å². The Morgan fingerprint density at radius 2 is 1.67 bits per heavy atom. The van der Waals surface area contributed by atoms with E-state index in [1.54, 1.807) is 24.3 Å². The van der Waals surface area contributed by atoms with Gasteiger partial charge in [-0.05, 0) is 44.5 Å². The molecule has 0 saturated carbocycles. The predicted octanol–water partition coefficient (Wildman–Crippen LogP) is 3.15. The zero-order valence-electron chi connectivity index (χ0n) is 17.3. The molecule has 0 saturated heterocycles. The summed E-state index contributed by atoms with van der Waals surface area (Å²) >= 11 is 0. The monoisotopic (exact) mass is 435 g/mol. The number of sulfonamides is 1. The van der Waals surface area contributed by atoms with E-state index in [-0.39, 0.29) is 28.9 Å². The lowest BCUT2D eigenvalue weighted by Gasteiger charge is -2.28. The molecule has 2 aromatic rings. The normalized spacial score (nSPS) is 13.2. The minimum absolute atomic E-state index is 0.0537. The maximum absolute atomic E-state index is 14.3. The zero-order chi connectivity index (χ0) is 22.5. The van der Waals surface area contributed by atoms with Crippen LogP contribution in [-0.2, 0) is 14.8 Å². The number of anilines is 2. The quantitative estimate of drug-likeness (QED) is 0.666. The summed E-state index contributed by atoms with van der Waals surface area (Å²) in [4.78, 5) is 25.4. The fourth-order valence-corrected chi connectivity index (χ4v) is 4.02. The Balaban J connectivity index is 2.33. The van der Waals surface area contributed by atoms with Gasteiger partial charge in [0.15, 0.2) is 0 Å². The number of nitrogens with zero attached hydrogens (tertiary/aromatic N) is 1. The first-order chi connectivity index (χ1) is 14.1. The van der Waals surface area contributed by atoms with Crippen molar-refractivity contribution >= 4 is 33.2 Å². The summed E-state index contributed by atoms with van der Waals surface area (Å²) in [5, 5.41) is 5.42. The Morgan fingerprint density at radius 1 is 1.07 bits per heavy atom. The van der Waals surface area contributed by atoms with Crippen LogP contribution in [0.2, 0.25) is 0 Å². The standard InChI is InChI=1S/C21H26FN3O4S/c1-5-14(2)23-21(27)16-10-6-8-12-18(16)24-20(26)15(3)25(30(4,28)29)19-13-9-7-11-17(19)22/h6-15H,5H2,1-4H3,(H,23,27)(H,24,26)/t14-,15+/m1/s1. The van der Waals surface area contributed by atoms with Crippen molar-refractivity contribution < 1.29 is 22.4 Å². The van der Waals surface area contributed by atoms with Crippen LogP contribution in [0.5, 0.6) is 0 Å². The summed E-state index contributed by atoms with van der Waals surface area (Å²) in [6, 6.07) is 10.4. The van der Waals surface area contributed by atoms with E-state index in [0.29, 0.717) is 0 Å². The number of amides is 2. The first kappa shape index (κ1) is 23.3. The van der Waals surface area contributed by atoms with Gasteiger partial charge in [0.05, 0.1) is 23.2 Å². The zero-order valence-corrected chi connectivity index (χ0v) is 18.2. The molecule has 0 aliphatic heterocycles. The molecule has 2 atom stereocenters. The van der Waals surface area contributed by atoms with Crippen LogP contribution < -0.4 is 14.9 Å². The van der Waals surface area contributed by atoms with Crippen molar-refractivity contribution in [2.45, 2.75) is 39.3 Å². The van der Waals surface area contributed by atoms with Gasteiger partial charge in [0.1, 0.15) is 11.9 Å². The molecule has 0 fully saturated rings. The van der Waals surface area contributed by atoms with Crippen molar-refractivity contribution in [2.75, 3.05) is 15.9 Å². The molecule has 0 aromatic heterocycles. The van der Waals surface area contributed by atoms with Gasteiger partial charge >= 0.3 is 0 Å². The Hall–Kier alpha value is -2.94. The summed E-state index contributed by atoms with van der Waals surface area (Å²) in [5.41, 5.74) is 0.248. The average molecular weight is 436 g/mol. The van der Waals surface area contributed by atoms with E-state index in [9.17, 15) is 22.4 Å². The molecule has 2 rings (SSSR count). The van der Waals surface area contributed by atoms with E-state index in [4.69, 9.17) is 0 Å². The molecular weight excluding hydrogens is 409 g/mol. The fraction of sp³-hybridized carbons (Fsp3) is 0.333. The minimum atomic E-state index is -3.97. The third kappa shape index (κ3) is 5.56. The lowest BCUT2D eigenvalue weighted by Crippen LogP contribution is -2.46. The molecule has 7 nitrogen and oxygen atoms in total. The molecule has 0 aliphatic rings. The van der Waals surface area contributed by atoms with Gasteiger partial charge in [-0.2, -0.15) is 0 Å². The lowest BCUT2D eigenvalue weighted by atomic mass is 10.1. The van der Waals surface area contributed by atoms with Crippen molar-refractivity contribution in [1.29, 1.82) is 0 Å². The Morgan fingerprint density at radius 3 is 2.27 bits per heavy atom. The number of halogens is 1. The number of carbonyl (C=O) groups is 2. The topological polar surface area (TPSA) is 95.6 Å². The predicted molar refractivity (Wildman–Crippen MR) is 115 cm³/mol. The van der Waals surface area contributed by atoms with E-state index in [1.807, 2.05) is 13.8 Å². The molecule has 9 heteroatoms. The SMILES string of the molecule is CC[C@@H](C)NC(=O)c1ccccc1NC(=O)[C@H](C)N(c1ccccc1F)S(C)(=O)=O. The maximum Gasteiger partial charge on any atom is 0.253 e. The molecule has 162 valence electrons. The molecule has 0 bridgehead atoms. The second-order valence-electron chi connectivity index (χ2n) is 7.00. The first-order valence-electron chi connectivity index (χ1n) is 9.51. The molecule has 0 spiro atoms. The van der Waals surface area contributed by atoms with Crippen LogP contribution in [0, 0.1) is 5.82 Å². The lowest BCUT2D eigenvalue weighted by molar-refractivity contribution is -0.116. The van der Waals surface area contributed by atoms with Crippen LogP contribution in [0.4, 0.5) is 15.8 Å². The Bertz CT molecular complexity index is 1030. The number of rotatable bonds is 8. The summed E-state index contributed by atoms with van der Waals surface area (Å²) in [6.45, 7) is 5.15. The first-order valence-corrected chi connectivity index (χ1v) is 11.4. The molecule has 0 unspecified atom stereocenters. The number of hydrogen-bond donors (Lipinski definition) is 2. The van der Waals surface area contributed by atoms with Gasteiger partial charge in [-0.1, -0.05) is 31.2 Å². The highest BCUT2D eigenvalue weighted by Gasteiger charge is 2.31. The van der Waals surface area contributed by atoms with Crippen molar-refractivity contribution in [2.24, 2.45) is 0 Å². The molecule has 2 aromatic carbocycles. The summed E-state index contributed by atoms with van der Waals surface area (Å²) in [6.07, 6.45) is 1.64. The van der Waals surface area contributed by atoms with Crippen LogP contribution in [0.25, 0.3) is 0 Å². The fourth-order valence-electron chi connectivity index (χ4n) is 2.84. The van der Waals surface area contributed by atoms with Gasteiger partial charge in [0.25, 0.3) is 5.91 Å². The van der Waals surface area contributed by atoms with Crippen LogP contribution in [-0.4, -0.2) is 38.6 Å². The van der Waals surface area contributed by atoms with Gasteiger partial charge in [-0.25, -0.2) is 12.8 Å². The second kappa shape index (κ2) is 9.71. The minimum Gasteiger partial charge on any atom is -0.350 e. The second-order valence-corrected chi connectivity index (χ2v) is 8.86. The van der Waals surface area contributed by atoms with E-state index < -0.39 is 27.8 Å². The van der Waals surface area contributed by atoms with E-state index in [1.165, 1.54) is 25.1 Å². The molecular formula is C21H26FN3O4S. The molecule has 30 heavy (non-hydrogen) atoms. The number of para-hydroxylation sites is 2. The number of carbonyl (C=O) groups excluding carboxylic acids is 2. The Labute approximate surface area is 176 Å². The van der Waals surface area contributed by atoms with Crippen molar-refractivity contribution in [3.05, 3.63) is 59.9 Å². The molecule has 0 radical (unpaired) electrons. The summed E-state index contributed by atoms with van der Waals surface area (Å²) < 4.78 is 39.6. The van der Waals surface area contributed by atoms with Crippen molar-refractivity contribution in [3.8, 4) is 0 Å². The molecule has 0 aliphatic carbocycles. The average Bonchev–Trinajstić information content (AvgIpc) is 2.68. The molecule has 0 heterocycles. The molecule has 2 amide bonds. The van der Waals surface area contributed by atoms with Gasteiger partial charge in [-0.15, -0.1) is 0 Å². The highest BCUT2D eigenvalue weighted by atomic mass is 32.2. The Kier molecular flexibility index (Phi) is 7.55. The molecule has 2 N–H and O–H groups in total. The number of nitrogens with one attached hydrogen (secondary N) is 2. The third-order valence-electron chi connectivity index (χ3n) is 4.60. The maximum atomic E-state index is 14.3. The smallest absolute Gasteiger partial charge is 0.253 e. The highest BCUT2D eigenvalue weighted by molar-refractivity contribution is 7.92. The number of hydrogen-bond acceptors (Lipinski definition) is 4. The van der Waals surface area contributed by atoms with Crippen molar-refractivity contribution in [3.63, 3.8) is 0 Å².